The smallest absolute Gasteiger partial charge is 0.0686 e. The number of rotatable bonds is 0. The first-order chi connectivity index (χ1) is 6.84. The van der Waals surface area contributed by atoms with Gasteiger partial charge in [0.15, 0.2) is 0 Å². The van der Waals surface area contributed by atoms with E-state index in [9.17, 15) is 0 Å². The molecule has 2 aliphatic heterocycles. The third-order valence-electron chi connectivity index (χ3n) is 3.02. The van der Waals surface area contributed by atoms with Crippen LogP contribution < -0.4 is 0 Å². The molecule has 0 N–H and O–H groups in total. The molecule has 0 saturated carbocycles. The van der Waals surface area contributed by atoms with Crippen LogP contribution in [0.1, 0.15) is 12.0 Å². The third kappa shape index (κ3) is 1.18. The van der Waals surface area contributed by atoms with Gasteiger partial charge in [-0.25, -0.2) is 0 Å². The van der Waals surface area contributed by atoms with Crippen molar-refractivity contribution in [2.75, 3.05) is 6.54 Å². The summed E-state index contributed by atoms with van der Waals surface area (Å²) in [6.07, 6.45) is 3.28. The van der Waals surface area contributed by atoms with Gasteiger partial charge in [-0.3, -0.25) is 9.89 Å². The third-order valence-corrected chi connectivity index (χ3v) is 3.38. The summed E-state index contributed by atoms with van der Waals surface area (Å²) in [5.41, 5.74) is 2.21. The molecule has 2 heterocycles. The zero-order valence-corrected chi connectivity index (χ0v) is 8.54. The first-order valence-electron chi connectivity index (χ1n) is 4.90. The van der Waals surface area contributed by atoms with E-state index in [4.69, 9.17) is 11.6 Å². The van der Waals surface area contributed by atoms with Gasteiger partial charge in [-0.05, 0) is 18.6 Å². The van der Waals surface area contributed by atoms with Gasteiger partial charge in [0.2, 0.25) is 0 Å². The average molecular weight is 207 g/mol. The molecular weight excluding hydrogens is 196 g/mol. The van der Waals surface area contributed by atoms with Crippen molar-refractivity contribution >= 4 is 23.5 Å². The van der Waals surface area contributed by atoms with E-state index in [1.54, 1.807) is 0 Å². The predicted molar refractivity (Wildman–Crippen MR) is 58.4 cm³/mol. The maximum atomic E-state index is 6.15. The highest BCUT2D eigenvalue weighted by Gasteiger charge is 2.29. The van der Waals surface area contributed by atoms with Gasteiger partial charge in [-0.2, -0.15) is 0 Å². The molecule has 2 nitrogen and oxygen atoms in total. The van der Waals surface area contributed by atoms with Crippen molar-refractivity contribution in [1.29, 1.82) is 0 Å². The minimum absolute atomic E-state index is 0.540. The minimum atomic E-state index is 0.540. The van der Waals surface area contributed by atoms with E-state index in [0.717, 1.165) is 17.3 Å². The lowest BCUT2D eigenvalue weighted by Crippen LogP contribution is -2.47. The molecular formula is C11H11ClN2. The summed E-state index contributed by atoms with van der Waals surface area (Å²) >= 11 is 6.15. The second kappa shape index (κ2) is 3.07. The molecule has 2 aliphatic rings. The summed E-state index contributed by atoms with van der Waals surface area (Å²) in [6.45, 7) is 2.11. The number of aliphatic imine (C=N–C) groups is 1. The van der Waals surface area contributed by atoms with Crippen LogP contribution >= 0.6 is 11.6 Å². The lowest BCUT2D eigenvalue weighted by molar-refractivity contribution is 0.135. The molecule has 0 aromatic heterocycles. The fourth-order valence-electron chi connectivity index (χ4n) is 2.02. The number of halogens is 1. The fourth-order valence-corrected chi connectivity index (χ4v) is 2.25. The Bertz CT molecular complexity index is 400. The largest absolute Gasteiger partial charge is 0.291 e. The van der Waals surface area contributed by atoms with Crippen LogP contribution in [0.5, 0.6) is 0 Å². The van der Waals surface area contributed by atoms with E-state index in [-0.39, 0.29) is 0 Å². The Balaban J connectivity index is 2.08. The summed E-state index contributed by atoms with van der Waals surface area (Å²) < 4.78 is 0. The van der Waals surface area contributed by atoms with Crippen molar-refractivity contribution in [2.45, 2.75) is 19.0 Å². The Morgan fingerprint density at radius 1 is 1.43 bits per heavy atom. The first-order valence-corrected chi connectivity index (χ1v) is 5.28. The van der Waals surface area contributed by atoms with Crippen LogP contribution in [-0.2, 0) is 6.54 Å². The van der Waals surface area contributed by atoms with Crippen molar-refractivity contribution in [2.24, 2.45) is 4.99 Å². The van der Waals surface area contributed by atoms with Gasteiger partial charge < -0.3 is 0 Å². The van der Waals surface area contributed by atoms with E-state index in [1.165, 1.54) is 18.5 Å². The van der Waals surface area contributed by atoms with Crippen molar-refractivity contribution in [3.63, 3.8) is 0 Å². The number of benzene rings is 1. The number of fused-ring (bicyclic) bond motifs is 2. The van der Waals surface area contributed by atoms with Crippen molar-refractivity contribution in [3.8, 4) is 0 Å². The van der Waals surface area contributed by atoms with Crippen LogP contribution in [0.3, 0.4) is 0 Å². The van der Waals surface area contributed by atoms with Crippen molar-refractivity contribution in [3.05, 3.63) is 28.8 Å². The molecule has 0 amide bonds. The van der Waals surface area contributed by atoms with Crippen LogP contribution in [0.4, 0.5) is 5.69 Å². The minimum Gasteiger partial charge on any atom is -0.291 e. The van der Waals surface area contributed by atoms with Gasteiger partial charge in [0.1, 0.15) is 0 Å². The second-order valence-electron chi connectivity index (χ2n) is 3.84. The van der Waals surface area contributed by atoms with E-state index >= 15 is 0 Å². The molecule has 1 aromatic carbocycles. The molecule has 0 unspecified atom stereocenters. The van der Waals surface area contributed by atoms with E-state index in [1.807, 2.05) is 24.4 Å². The maximum absolute atomic E-state index is 6.15. The molecule has 1 fully saturated rings. The van der Waals surface area contributed by atoms with E-state index in [2.05, 4.69) is 9.89 Å². The molecule has 0 bridgehead atoms. The van der Waals surface area contributed by atoms with Gasteiger partial charge in [0.05, 0.1) is 5.69 Å². The lowest BCUT2D eigenvalue weighted by atomic mass is 10.0. The summed E-state index contributed by atoms with van der Waals surface area (Å²) in [5.74, 6) is 0. The molecule has 0 radical (unpaired) electrons. The summed E-state index contributed by atoms with van der Waals surface area (Å²) in [5, 5.41) is 0.840. The Morgan fingerprint density at radius 3 is 3.14 bits per heavy atom. The van der Waals surface area contributed by atoms with E-state index < -0.39 is 0 Å². The standard InChI is InChI=1S/C11H11ClN2/c12-10-2-1-3-11-9(10)7-14-5-4-8(14)6-13-11/h1-3,6,8H,4-5,7H2/t8-/m0/s1. The molecule has 3 heteroatoms. The topological polar surface area (TPSA) is 15.6 Å². The van der Waals surface area contributed by atoms with Crippen LogP contribution in [0, 0.1) is 0 Å². The highest BCUT2D eigenvalue weighted by Crippen LogP contribution is 2.33. The van der Waals surface area contributed by atoms with E-state index in [0.29, 0.717) is 6.04 Å². The molecule has 1 aromatic rings. The average Bonchev–Trinajstić information content (AvgIpc) is 2.26. The SMILES string of the molecule is Clc1cccc2c1CN1CC[C@H]1C=N2. The Hall–Kier alpha value is -0.860. The highest BCUT2D eigenvalue weighted by atomic mass is 35.5. The van der Waals surface area contributed by atoms with Crippen LogP contribution in [0.25, 0.3) is 0 Å². The molecule has 0 aliphatic carbocycles. The van der Waals surface area contributed by atoms with Crippen LogP contribution in [-0.4, -0.2) is 23.7 Å². The van der Waals surface area contributed by atoms with Crippen molar-refractivity contribution < 1.29 is 0 Å². The highest BCUT2D eigenvalue weighted by molar-refractivity contribution is 6.31. The monoisotopic (exact) mass is 206 g/mol. The molecule has 1 atom stereocenters. The molecule has 14 heavy (non-hydrogen) atoms. The number of hydrogen-bond donors (Lipinski definition) is 0. The second-order valence-corrected chi connectivity index (χ2v) is 4.25. The molecule has 3 rings (SSSR count). The quantitative estimate of drug-likeness (QED) is 0.637. The fraction of sp³-hybridized carbons (Fsp3) is 0.364. The van der Waals surface area contributed by atoms with Gasteiger partial charge >= 0.3 is 0 Å². The predicted octanol–water partition coefficient (Wildman–Crippen LogP) is 2.63. The summed E-state index contributed by atoms with van der Waals surface area (Å²) in [6, 6.07) is 6.47. The van der Waals surface area contributed by atoms with Gasteiger partial charge in [-0.15, -0.1) is 0 Å². The zero-order valence-electron chi connectivity index (χ0n) is 7.78. The van der Waals surface area contributed by atoms with Gasteiger partial charge in [0, 0.05) is 35.9 Å². The number of nitrogens with zero attached hydrogens (tertiary/aromatic N) is 2. The maximum Gasteiger partial charge on any atom is 0.0686 e. The summed E-state index contributed by atoms with van der Waals surface area (Å²) in [4.78, 5) is 6.88. The Morgan fingerprint density at radius 2 is 2.36 bits per heavy atom. The van der Waals surface area contributed by atoms with Crippen molar-refractivity contribution in [1.82, 2.24) is 4.90 Å². The molecule has 72 valence electrons. The van der Waals surface area contributed by atoms with Gasteiger partial charge in [-0.1, -0.05) is 17.7 Å². The Kier molecular flexibility index (Phi) is 1.85. The van der Waals surface area contributed by atoms with Crippen LogP contribution in [0.15, 0.2) is 23.2 Å². The Labute approximate surface area is 88.2 Å². The number of hydrogen-bond acceptors (Lipinski definition) is 2. The molecule has 1 saturated heterocycles. The normalized spacial score (nSPS) is 24.8. The lowest BCUT2D eigenvalue weighted by Gasteiger charge is -2.37. The molecule has 0 spiro atoms. The summed E-state index contributed by atoms with van der Waals surface area (Å²) in [7, 11) is 0. The zero-order chi connectivity index (χ0) is 9.54. The first kappa shape index (κ1) is 8.45. The van der Waals surface area contributed by atoms with Crippen LogP contribution in [0.2, 0.25) is 5.02 Å². The van der Waals surface area contributed by atoms with Gasteiger partial charge in [0.25, 0.3) is 0 Å².